The van der Waals surface area contributed by atoms with E-state index in [1.54, 1.807) is 0 Å². The first-order valence-corrected chi connectivity index (χ1v) is 31.0. The predicted octanol–water partition coefficient (Wildman–Crippen LogP) is 18.3. The van der Waals surface area contributed by atoms with Crippen molar-refractivity contribution in [1.29, 1.82) is 0 Å². The molecule has 0 spiro atoms. The van der Waals surface area contributed by atoms with Gasteiger partial charge >= 0.3 is 19.8 Å². The Morgan fingerprint density at radius 1 is 0.388 bits per heavy atom. The number of phosphoric ester groups is 1. The van der Waals surface area contributed by atoms with Gasteiger partial charge in [0.25, 0.3) is 0 Å². The first kappa shape index (κ1) is 66.0. The van der Waals surface area contributed by atoms with Crippen molar-refractivity contribution in [1.82, 2.24) is 0 Å². The highest BCUT2D eigenvalue weighted by Gasteiger charge is 2.26. The lowest BCUT2D eigenvalue weighted by molar-refractivity contribution is -0.161. The van der Waals surface area contributed by atoms with E-state index >= 15 is 0 Å². The second-order valence-corrected chi connectivity index (χ2v) is 21.7. The van der Waals surface area contributed by atoms with Gasteiger partial charge in [0.1, 0.15) is 6.61 Å². The molecule has 0 fully saturated rings. The van der Waals surface area contributed by atoms with E-state index in [-0.39, 0.29) is 38.6 Å². The molecule has 10 heteroatoms. The predicted molar refractivity (Wildman–Crippen MR) is 285 cm³/mol. The summed E-state index contributed by atoms with van der Waals surface area (Å²) in [5.41, 5.74) is 5.37. The lowest BCUT2D eigenvalue weighted by atomic mass is 10.0. The van der Waals surface area contributed by atoms with Crippen LogP contribution in [0.1, 0.15) is 322 Å². The minimum absolute atomic E-state index is 0.0584. The number of esters is 2. The van der Waals surface area contributed by atoms with Crippen LogP contribution < -0.4 is 5.73 Å². The molecule has 0 saturated heterocycles. The Kier molecular flexibility index (Phi) is 53.5. The van der Waals surface area contributed by atoms with Gasteiger partial charge < -0.3 is 20.1 Å². The van der Waals surface area contributed by atoms with Crippen LogP contribution >= 0.6 is 7.82 Å². The number of rotatable bonds is 57. The second-order valence-electron chi connectivity index (χ2n) is 20.2. The van der Waals surface area contributed by atoms with E-state index in [1.807, 2.05) is 0 Å². The molecule has 0 aliphatic heterocycles. The van der Waals surface area contributed by atoms with Gasteiger partial charge in [0.15, 0.2) is 6.10 Å². The van der Waals surface area contributed by atoms with E-state index in [0.29, 0.717) is 6.42 Å². The molecule has 0 aromatic carbocycles. The van der Waals surface area contributed by atoms with Crippen molar-refractivity contribution in [2.45, 2.75) is 328 Å². The fourth-order valence-corrected chi connectivity index (χ4v) is 9.88. The van der Waals surface area contributed by atoms with Gasteiger partial charge in [0.05, 0.1) is 13.2 Å². The minimum atomic E-state index is -4.38. The number of nitrogens with two attached hydrogens (primary N) is 1. The Bertz CT molecular complexity index is 1060. The van der Waals surface area contributed by atoms with Gasteiger partial charge in [-0.05, 0) is 12.8 Å². The number of hydrogen-bond acceptors (Lipinski definition) is 8. The van der Waals surface area contributed by atoms with Gasteiger partial charge in [-0.3, -0.25) is 18.6 Å². The minimum Gasteiger partial charge on any atom is -0.462 e. The molecule has 0 aromatic heterocycles. The van der Waals surface area contributed by atoms with E-state index in [9.17, 15) is 19.0 Å². The molecule has 0 amide bonds. The quantitative estimate of drug-likeness (QED) is 0.0347. The van der Waals surface area contributed by atoms with E-state index in [4.69, 9.17) is 24.3 Å². The molecule has 0 bridgehead atoms. The van der Waals surface area contributed by atoms with Crippen LogP contribution in [0, 0.1) is 0 Å². The van der Waals surface area contributed by atoms with E-state index in [0.717, 1.165) is 32.1 Å². The maximum Gasteiger partial charge on any atom is 0.472 e. The fourth-order valence-electron chi connectivity index (χ4n) is 9.11. The zero-order valence-electron chi connectivity index (χ0n) is 44.7. The highest BCUT2D eigenvalue weighted by Crippen LogP contribution is 2.43. The molecule has 0 aliphatic carbocycles. The molecule has 2 atom stereocenters. The van der Waals surface area contributed by atoms with Gasteiger partial charge in [-0.1, -0.05) is 296 Å². The number of carbonyl (C=O) groups is 2. The van der Waals surface area contributed by atoms with Crippen LogP contribution in [0.2, 0.25) is 0 Å². The maximum atomic E-state index is 12.7. The summed E-state index contributed by atoms with van der Waals surface area (Å²) >= 11 is 0. The molecule has 67 heavy (non-hydrogen) atoms. The number of carbonyl (C=O) groups excluding carboxylic acids is 2. The third kappa shape index (κ3) is 54.2. The molecular formula is C57H114NO8P. The van der Waals surface area contributed by atoms with Crippen molar-refractivity contribution >= 4 is 19.8 Å². The smallest absolute Gasteiger partial charge is 0.462 e. The summed E-state index contributed by atoms with van der Waals surface area (Å²) in [4.78, 5) is 35.1. The van der Waals surface area contributed by atoms with Crippen molar-refractivity contribution < 1.29 is 37.6 Å². The molecule has 2 unspecified atom stereocenters. The Balaban J connectivity index is 3.77. The Labute approximate surface area is 416 Å². The van der Waals surface area contributed by atoms with Gasteiger partial charge in [-0.25, -0.2) is 4.57 Å². The van der Waals surface area contributed by atoms with Crippen molar-refractivity contribution in [3.8, 4) is 0 Å². The number of hydrogen-bond donors (Lipinski definition) is 2. The molecule has 400 valence electrons. The summed E-state index contributed by atoms with van der Waals surface area (Å²) in [6.45, 7) is 3.80. The van der Waals surface area contributed by atoms with Crippen molar-refractivity contribution in [2.75, 3.05) is 26.4 Å². The molecule has 0 radical (unpaired) electrons. The highest BCUT2D eigenvalue weighted by atomic mass is 31.2. The highest BCUT2D eigenvalue weighted by molar-refractivity contribution is 7.47. The van der Waals surface area contributed by atoms with Crippen molar-refractivity contribution in [3.05, 3.63) is 0 Å². The Morgan fingerprint density at radius 3 is 0.910 bits per heavy atom. The SMILES string of the molecule is CCCCCCCCCCCCCCCCCCCCCCCCCCCCCCCCCCCC(=O)OC(COC(=O)CCCCCCCCCCCCCCC)COP(=O)(O)OCCN. The van der Waals surface area contributed by atoms with Crippen molar-refractivity contribution in [3.63, 3.8) is 0 Å². The number of phosphoric acid groups is 1. The zero-order valence-corrected chi connectivity index (χ0v) is 45.6. The topological polar surface area (TPSA) is 134 Å². The molecule has 0 rings (SSSR count). The molecule has 0 saturated carbocycles. The molecule has 3 N–H and O–H groups in total. The van der Waals surface area contributed by atoms with Crippen molar-refractivity contribution in [2.24, 2.45) is 5.73 Å². The normalized spacial score (nSPS) is 13.0. The summed E-state index contributed by atoms with van der Waals surface area (Å²) < 4.78 is 33.0. The Hall–Kier alpha value is -0.990. The van der Waals surface area contributed by atoms with Gasteiger partial charge in [0, 0.05) is 19.4 Å². The van der Waals surface area contributed by atoms with Gasteiger partial charge in [-0.2, -0.15) is 0 Å². The molecule has 0 heterocycles. The lowest BCUT2D eigenvalue weighted by Gasteiger charge is -2.19. The monoisotopic (exact) mass is 972 g/mol. The van der Waals surface area contributed by atoms with Crippen LogP contribution in [0.15, 0.2) is 0 Å². The average Bonchev–Trinajstić information content (AvgIpc) is 3.32. The van der Waals surface area contributed by atoms with Crippen LogP contribution in [-0.4, -0.2) is 49.3 Å². The molecule has 0 aromatic rings. The third-order valence-corrected chi connectivity index (χ3v) is 14.5. The van der Waals surface area contributed by atoms with Crippen LogP contribution in [-0.2, 0) is 32.7 Å². The van der Waals surface area contributed by atoms with Crippen LogP contribution in [0.4, 0.5) is 0 Å². The summed E-state index contributed by atoms with van der Waals surface area (Å²) in [7, 11) is -4.38. The summed E-state index contributed by atoms with van der Waals surface area (Å²) in [6, 6.07) is 0. The van der Waals surface area contributed by atoms with Crippen LogP contribution in [0.5, 0.6) is 0 Å². The van der Waals surface area contributed by atoms with Gasteiger partial charge in [0.2, 0.25) is 0 Å². The number of ether oxygens (including phenoxy) is 2. The van der Waals surface area contributed by atoms with E-state index < -0.39 is 26.5 Å². The molecule has 0 aliphatic rings. The first-order valence-electron chi connectivity index (χ1n) is 29.5. The van der Waals surface area contributed by atoms with E-state index in [2.05, 4.69) is 13.8 Å². The molecular weight excluding hydrogens is 858 g/mol. The standard InChI is InChI=1S/C57H114NO8P/c1-3-5-7-9-11-13-15-17-18-19-20-21-22-23-24-25-26-27-28-29-30-31-32-33-34-35-36-38-40-42-44-46-48-50-57(60)66-55(54-65-67(61,62)64-52-51-58)53-63-56(59)49-47-45-43-41-39-37-16-14-12-10-8-6-4-2/h55H,3-54,58H2,1-2H3,(H,61,62). The largest absolute Gasteiger partial charge is 0.472 e. The molecule has 9 nitrogen and oxygen atoms in total. The zero-order chi connectivity index (χ0) is 48.8. The average molecular weight is 973 g/mol. The van der Waals surface area contributed by atoms with Crippen LogP contribution in [0.3, 0.4) is 0 Å². The Morgan fingerprint density at radius 2 is 0.642 bits per heavy atom. The summed E-state index contributed by atoms with van der Waals surface area (Å²) in [5.74, 6) is -0.806. The third-order valence-electron chi connectivity index (χ3n) is 13.5. The van der Waals surface area contributed by atoms with E-state index in [1.165, 1.54) is 257 Å². The number of unbranched alkanes of at least 4 members (excludes halogenated alkanes) is 44. The maximum absolute atomic E-state index is 12.7. The summed E-state index contributed by atoms with van der Waals surface area (Å²) in [5, 5.41) is 0. The second kappa shape index (κ2) is 54.3. The summed E-state index contributed by atoms with van der Waals surface area (Å²) in [6.07, 6.45) is 60.4. The lowest BCUT2D eigenvalue weighted by Crippen LogP contribution is -2.29. The first-order chi connectivity index (χ1) is 32.8. The van der Waals surface area contributed by atoms with Gasteiger partial charge in [-0.15, -0.1) is 0 Å². The fraction of sp³-hybridized carbons (Fsp3) is 0.965. The van der Waals surface area contributed by atoms with Crippen LogP contribution in [0.25, 0.3) is 0 Å².